The van der Waals surface area contributed by atoms with E-state index in [1.54, 1.807) is 30.2 Å². The topological polar surface area (TPSA) is 67.6 Å². The molecule has 1 fully saturated rings. The van der Waals surface area contributed by atoms with Gasteiger partial charge < -0.3 is 19.4 Å². The van der Waals surface area contributed by atoms with E-state index in [4.69, 9.17) is 9.15 Å². The fraction of sp³-hybridized carbons (Fsp3) is 0.308. The van der Waals surface area contributed by atoms with E-state index in [2.05, 4.69) is 27.3 Å². The van der Waals surface area contributed by atoms with Crippen molar-refractivity contribution in [1.82, 2.24) is 10.3 Å². The van der Waals surface area contributed by atoms with Gasteiger partial charge in [0, 0.05) is 52.6 Å². The molecule has 176 valence electrons. The molecule has 1 N–H and O–H groups in total. The van der Waals surface area contributed by atoms with Crippen LogP contribution in [0.3, 0.4) is 0 Å². The number of hydrogen-bond donors (Lipinski definition) is 1. The Balaban J connectivity index is 1.26. The second kappa shape index (κ2) is 10.1. The summed E-state index contributed by atoms with van der Waals surface area (Å²) in [5, 5.41) is 6.26. The lowest BCUT2D eigenvalue weighted by molar-refractivity contribution is 0.0904. The molecule has 1 aliphatic rings. The maximum Gasteiger partial charge on any atom is 0.287 e. The van der Waals surface area contributed by atoms with Crippen molar-refractivity contribution in [2.24, 2.45) is 0 Å². The van der Waals surface area contributed by atoms with Gasteiger partial charge in [-0.15, -0.1) is 11.3 Å². The minimum atomic E-state index is -0.134. The number of aryl methyl sites for hydroxylation is 1. The van der Waals surface area contributed by atoms with Crippen molar-refractivity contribution in [3.63, 3.8) is 0 Å². The van der Waals surface area contributed by atoms with E-state index in [0.29, 0.717) is 11.5 Å². The number of nitrogens with zero attached hydrogens (tertiary/aromatic N) is 2. The summed E-state index contributed by atoms with van der Waals surface area (Å²) in [4.78, 5) is 20.2. The fourth-order valence-corrected chi connectivity index (χ4v) is 6.16. The van der Waals surface area contributed by atoms with Crippen LogP contribution < -0.4 is 15.0 Å². The number of ether oxygens (including phenoxy) is 1. The van der Waals surface area contributed by atoms with E-state index in [1.165, 1.54) is 5.69 Å². The van der Waals surface area contributed by atoms with E-state index in [1.807, 2.05) is 48.7 Å². The van der Waals surface area contributed by atoms with Crippen LogP contribution in [0.25, 0.3) is 11.0 Å². The molecule has 0 unspecified atom stereocenters. The number of piperidine rings is 1. The fourth-order valence-electron chi connectivity index (χ4n) is 4.28. The number of furan rings is 1. The summed E-state index contributed by atoms with van der Waals surface area (Å²) in [5.41, 5.74) is 3.87. The third kappa shape index (κ3) is 4.93. The van der Waals surface area contributed by atoms with Gasteiger partial charge >= 0.3 is 0 Å². The number of anilines is 1. The normalized spacial score (nSPS) is 14.5. The summed E-state index contributed by atoms with van der Waals surface area (Å²) in [7, 11) is 1.68. The number of methoxy groups -OCH3 is 1. The minimum absolute atomic E-state index is 0.123. The van der Waals surface area contributed by atoms with Crippen LogP contribution in [0.15, 0.2) is 62.7 Å². The molecule has 1 amide bonds. The lowest BCUT2D eigenvalue weighted by atomic mass is 10.0. The Morgan fingerprint density at radius 2 is 1.97 bits per heavy atom. The van der Waals surface area contributed by atoms with E-state index in [-0.39, 0.29) is 11.9 Å². The molecule has 2 aromatic carbocycles. The predicted molar refractivity (Wildman–Crippen MR) is 138 cm³/mol. The Hall–Kier alpha value is -2.97. The number of carbonyl (C=O) groups is 1. The number of rotatable bonds is 7. The molecular weight excluding hydrogens is 466 g/mol. The van der Waals surface area contributed by atoms with Gasteiger partial charge in [-0.25, -0.2) is 4.98 Å². The first-order valence-corrected chi connectivity index (χ1v) is 13.2. The highest BCUT2D eigenvalue weighted by Crippen LogP contribution is 2.33. The maximum atomic E-state index is 13.3. The SMILES string of the molecule is COc1ccc(N2CCC(NC(=O)c3oc4ccccc4c3CSc3nc(C)cs3)CC2)cc1. The lowest BCUT2D eigenvalue weighted by Crippen LogP contribution is -2.44. The average Bonchev–Trinajstić information content (AvgIpc) is 3.46. The van der Waals surface area contributed by atoms with Crippen molar-refractivity contribution in [1.29, 1.82) is 0 Å². The summed E-state index contributed by atoms with van der Waals surface area (Å²) < 4.78 is 12.3. The van der Waals surface area contributed by atoms with E-state index in [0.717, 1.165) is 58.2 Å². The number of aromatic nitrogens is 1. The zero-order chi connectivity index (χ0) is 23.5. The number of thiazole rings is 1. The van der Waals surface area contributed by atoms with E-state index < -0.39 is 0 Å². The molecule has 0 atom stereocenters. The van der Waals surface area contributed by atoms with Crippen LogP contribution in [-0.4, -0.2) is 37.1 Å². The highest BCUT2D eigenvalue weighted by atomic mass is 32.2. The van der Waals surface area contributed by atoms with Gasteiger partial charge in [-0.05, 0) is 50.1 Å². The van der Waals surface area contributed by atoms with Gasteiger partial charge in [0.25, 0.3) is 5.91 Å². The largest absolute Gasteiger partial charge is 0.497 e. The van der Waals surface area contributed by atoms with E-state index >= 15 is 0 Å². The van der Waals surface area contributed by atoms with Crippen molar-refractivity contribution < 1.29 is 13.9 Å². The Labute approximate surface area is 207 Å². The molecule has 8 heteroatoms. The van der Waals surface area contributed by atoms with Crippen molar-refractivity contribution in [2.75, 3.05) is 25.1 Å². The summed E-state index contributed by atoms with van der Waals surface area (Å²) in [5.74, 6) is 1.78. The Bertz CT molecular complexity index is 1270. The van der Waals surface area contributed by atoms with Crippen molar-refractivity contribution in [3.8, 4) is 5.75 Å². The van der Waals surface area contributed by atoms with Gasteiger partial charge in [0.2, 0.25) is 0 Å². The predicted octanol–water partition coefficient (Wildman–Crippen LogP) is 5.90. The van der Waals surface area contributed by atoms with Gasteiger partial charge in [-0.1, -0.05) is 30.0 Å². The first kappa shape index (κ1) is 22.8. The van der Waals surface area contributed by atoms with Crippen LogP contribution in [0.5, 0.6) is 5.75 Å². The second-order valence-corrected chi connectivity index (χ2v) is 10.5. The minimum Gasteiger partial charge on any atom is -0.497 e. The molecule has 5 rings (SSSR count). The Morgan fingerprint density at radius 1 is 1.21 bits per heavy atom. The van der Waals surface area contributed by atoms with Crippen LogP contribution in [0.2, 0.25) is 0 Å². The molecule has 1 saturated heterocycles. The molecule has 3 heterocycles. The van der Waals surface area contributed by atoms with Crippen molar-refractivity contribution in [2.45, 2.75) is 35.9 Å². The monoisotopic (exact) mass is 493 g/mol. The second-order valence-electron chi connectivity index (χ2n) is 8.38. The molecule has 0 radical (unpaired) electrons. The van der Waals surface area contributed by atoms with Crippen LogP contribution in [-0.2, 0) is 5.75 Å². The summed E-state index contributed by atoms with van der Waals surface area (Å²) >= 11 is 3.27. The highest BCUT2D eigenvalue weighted by Gasteiger charge is 2.26. The molecule has 1 aliphatic heterocycles. The number of amides is 1. The number of carbonyl (C=O) groups excluding carboxylic acids is 1. The highest BCUT2D eigenvalue weighted by molar-refractivity contribution is 8.00. The van der Waals surface area contributed by atoms with Gasteiger partial charge in [-0.2, -0.15) is 0 Å². The molecule has 34 heavy (non-hydrogen) atoms. The van der Waals surface area contributed by atoms with Crippen LogP contribution in [0.4, 0.5) is 5.69 Å². The van der Waals surface area contributed by atoms with Crippen LogP contribution in [0, 0.1) is 6.92 Å². The van der Waals surface area contributed by atoms with E-state index in [9.17, 15) is 4.79 Å². The Kier molecular flexibility index (Phi) is 6.78. The number of thioether (sulfide) groups is 1. The average molecular weight is 494 g/mol. The smallest absolute Gasteiger partial charge is 0.287 e. The quantitative estimate of drug-likeness (QED) is 0.324. The van der Waals surface area contributed by atoms with Gasteiger partial charge in [-0.3, -0.25) is 4.79 Å². The molecule has 6 nitrogen and oxygen atoms in total. The Morgan fingerprint density at radius 3 is 2.68 bits per heavy atom. The van der Waals surface area contributed by atoms with Gasteiger partial charge in [0.15, 0.2) is 5.76 Å². The number of benzene rings is 2. The van der Waals surface area contributed by atoms with Crippen molar-refractivity contribution >= 4 is 45.7 Å². The molecule has 0 saturated carbocycles. The number of para-hydroxylation sites is 1. The standard InChI is InChI=1S/C26H27N3O3S2/c1-17-15-33-26(27-17)34-16-22-21-5-3-4-6-23(21)32-24(22)25(30)28-18-11-13-29(14-12-18)19-7-9-20(31-2)10-8-19/h3-10,15,18H,11-14,16H2,1-2H3,(H,28,30). The van der Waals surface area contributed by atoms with Gasteiger partial charge in [0.1, 0.15) is 15.7 Å². The maximum absolute atomic E-state index is 13.3. The molecular formula is C26H27N3O3S2. The molecule has 0 bridgehead atoms. The summed E-state index contributed by atoms with van der Waals surface area (Å²) in [6.07, 6.45) is 1.78. The van der Waals surface area contributed by atoms with Crippen molar-refractivity contribution in [3.05, 3.63) is 70.9 Å². The lowest BCUT2D eigenvalue weighted by Gasteiger charge is -2.34. The third-order valence-corrected chi connectivity index (χ3v) is 8.28. The molecule has 2 aromatic heterocycles. The molecule has 0 spiro atoms. The van der Waals surface area contributed by atoms with Crippen LogP contribution >= 0.6 is 23.1 Å². The van der Waals surface area contributed by atoms with Gasteiger partial charge in [0.05, 0.1) is 7.11 Å². The molecule has 0 aliphatic carbocycles. The third-order valence-electron chi connectivity index (χ3n) is 6.11. The first-order chi connectivity index (χ1) is 16.6. The number of fused-ring (bicyclic) bond motifs is 1. The zero-order valence-corrected chi connectivity index (χ0v) is 20.9. The first-order valence-electron chi connectivity index (χ1n) is 11.4. The summed E-state index contributed by atoms with van der Waals surface area (Å²) in [6, 6.07) is 16.1. The van der Waals surface area contributed by atoms with Crippen LogP contribution in [0.1, 0.15) is 34.7 Å². The number of nitrogens with one attached hydrogen (secondary N) is 1. The number of hydrogen-bond acceptors (Lipinski definition) is 7. The zero-order valence-electron chi connectivity index (χ0n) is 19.2. The summed E-state index contributed by atoms with van der Waals surface area (Å²) in [6.45, 7) is 3.78. The molecule has 4 aromatic rings.